The molecule has 0 saturated heterocycles. The largest absolute Gasteiger partial charge is 0.507 e. The molecule has 1 heterocycles. The number of carbonyl (C=O) groups is 2. The van der Waals surface area contributed by atoms with Gasteiger partial charge in [-0.1, -0.05) is 12.1 Å². The molecule has 1 aromatic heterocycles. The predicted molar refractivity (Wildman–Crippen MR) is 76.7 cm³/mol. The van der Waals surface area contributed by atoms with Gasteiger partial charge in [0.2, 0.25) is 5.78 Å². The first-order valence-electron chi connectivity index (χ1n) is 6.58. The zero-order valence-corrected chi connectivity index (χ0v) is 12.0. The number of nitrogens with one attached hydrogen (secondary N) is 1. The summed E-state index contributed by atoms with van der Waals surface area (Å²) < 4.78 is 43.5. The van der Waals surface area contributed by atoms with Crippen LogP contribution in [-0.4, -0.2) is 28.7 Å². The Hall–Kier alpha value is -3.10. The lowest BCUT2D eigenvalue weighted by Crippen LogP contribution is -2.30. The Kier molecular flexibility index (Phi) is 5.02. The lowest BCUT2D eigenvalue weighted by atomic mass is 10.1. The Morgan fingerprint density at radius 2 is 1.88 bits per heavy atom. The average Bonchev–Trinajstić information content (AvgIpc) is 3.04. The van der Waals surface area contributed by atoms with Gasteiger partial charge in [0, 0.05) is 0 Å². The summed E-state index contributed by atoms with van der Waals surface area (Å²) >= 11 is 0. The number of furan rings is 1. The van der Waals surface area contributed by atoms with Gasteiger partial charge in [-0.15, -0.1) is 0 Å². The molecule has 126 valence electrons. The highest BCUT2D eigenvalue weighted by Gasteiger charge is 2.38. The molecule has 0 unspecified atom stereocenters. The normalized spacial score (nSPS) is 12.0. The molecule has 0 atom stereocenters. The number of amides is 1. The Balaban J connectivity index is 2.16. The van der Waals surface area contributed by atoms with E-state index in [-0.39, 0.29) is 11.3 Å². The maximum absolute atomic E-state index is 12.9. The first kappa shape index (κ1) is 17.3. The van der Waals surface area contributed by atoms with Gasteiger partial charge in [-0.2, -0.15) is 18.3 Å². The Bertz CT molecular complexity index is 767. The van der Waals surface area contributed by atoms with Crippen molar-refractivity contribution in [2.24, 2.45) is 5.10 Å². The predicted octanol–water partition coefficient (Wildman–Crippen LogP) is 2.91. The summed E-state index contributed by atoms with van der Waals surface area (Å²) in [4.78, 5) is 23.5. The van der Waals surface area contributed by atoms with Crippen molar-refractivity contribution >= 4 is 17.4 Å². The molecule has 2 aromatic rings. The number of hydrogen-bond donors (Lipinski definition) is 2. The van der Waals surface area contributed by atoms with Gasteiger partial charge in [0.25, 0.3) is 5.91 Å². The molecule has 0 fully saturated rings. The van der Waals surface area contributed by atoms with Gasteiger partial charge in [0.05, 0.1) is 18.2 Å². The lowest BCUT2D eigenvalue weighted by Gasteiger charge is -2.10. The van der Waals surface area contributed by atoms with Crippen LogP contribution >= 0.6 is 0 Å². The summed E-state index contributed by atoms with van der Waals surface area (Å²) in [6.45, 7) is 0. The second kappa shape index (κ2) is 6.99. The van der Waals surface area contributed by atoms with Gasteiger partial charge in [-0.3, -0.25) is 9.59 Å². The maximum atomic E-state index is 12.9. The zero-order valence-electron chi connectivity index (χ0n) is 12.0. The molecule has 0 aliphatic heterocycles. The van der Waals surface area contributed by atoms with Gasteiger partial charge in [-0.25, -0.2) is 5.43 Å². The van der Waals surface area contributed by atoms with Crippen LogP contribution in [0.3, 0.4) is 0 Å². The first-order valence-corrected chi connectivity index (χ1v) is 6.58. The lowest BCUT2D eigenvalue weighted by molar-refractivity contribution is -0.0605. The molecule has 0 spiro atoms. The number of aromatic hydroxyl groups is 1. The molecule has 0 aliphatic rings. The van der Waals surface area contributed by atoms with E-state index in [0.717, 1.165) is 6.26 Å². The Morgan fingerprint density at radius 1 is 1.17 bits per heavy atom. The van der Waals surface area contributed by atoms with E-state index in [2.05, 4.69) is 5.10 Å². The summed E-state index contributed by atoms with van der Waals surface area (Å²) in [5.74, 6) is -2.64. The van der Waals surface area contributed by atoms with Crippen molar-refractivity contribution < 1.29 is 32.3 Å². The van der Waals surface area contributed by atoms with Crippen LogP contribution in [0.1, 0.15) is 27.3 Å². The summed E-state index contributed by atoms with van der Waals surface area (Å²) in [6, 6.07) is 7.85. The molecule has 1 amide bonds. The van der Waals surface area contributed by atoms with E-state index in [1.807, 2.05) is 0 Å². The number of halogens is 3. The minimum Gasteiger partial charge on any atom is -0.507 e. The van der Waals surface area contributed by atoms with Crippen LogP contribution in [0.4, 0.5) is 13.2 Å². The molecular weight excluding hydrogens is 329 g/mol. The average molecular weight is 340 g/mol. The molecule has 0 saturated carbocycles. The SMILES string of the molecule is O=C(C/C(=N\NC(=O)c1ccccc1O)C(F)(F)F)c1ccco1. The Morgan fingerprint density at radius 3 is 2.46 bits per heavy atom. The summed E-state index contributed by atoms with van der Waals surface area (Å²) in [5, 5.41) is 12.5. The van der Waals surface area contributed by atoms with E-state index in [9.17, 15) is 27.9 Å². The van der Waals surface area contributed by atoms with E-state index < -0.39 is 35.7 Å². The van der Waals surface area contributed by atoms with Crippen LogP contribution < -0.4 is 5.43 Å². The number of rotatable bonds is 5. The van der Waals surface area contributed by atoms with Gasteiger partial charge in [-0.05, 0) is 24.3 Å². The fourth-order valence-corrected chi connectivity index (χ4v) is 1.72. The summed E-state index contributed by atoms with van der Waals surface area (Å²) in [6.07, 6.45) is -4.87. The fraction of sp³-hybridized carbons (Fsp3) is 0.133. The van der Waals surface area contributed by atoms with E-state index >= 15 is 0 Å². The molecule has 1 aromatic carbocycles. The first-order chi connectivity index (χ1) is 11.3. The van der Waals surface area contributed by atoms with Crippen molar-refractivity contribution in [1.82, 2.24) is 5.43 Å². The standard InChI is InChI=1S/C15H11F3N2O4/c16-15(17,18)13(8-11(22)12-6-3-7-24-12)19-20-14(23)9-4-1-2-5-10(9)21/h1-7,21H,8H2,(H,20,23)/b19-13+. The van der Waals surface area contributed by atoms with Crippen LogP contribution in [-0.2, 0) is 0 Å². The van der Waals surface area contributed by atoms with Crippen LogP contribution in [0, 0.1) is 0 Å². The fourth-order valence-electron chi connectivity index (χ4n) is 1.72. The molecule has 2 N–H and O–H groups in total. The molecular formula is C15H11F3N2O4. The highest BCUT2D eigenvalue weighted by atomic mass is 19.4. The quantitative estimate of drug-likeness (QED) is 0.497. The van der Waals surface area contributed by atoms with Crippen molar-refractivity contribution in [2.75, 3.05) is 0 Å². The number of hydrazone groups is 1. The number of hydrogen-bond acceptors (Lipinski definition) is 5. The van der Waals surface area contributed by atoms with Gasteiger partial charge < -0.3 is 9.52 Å². The number of Topliss-reactive ketones (excluding diaryl/α,β-unsaturated/α-hetero) is 1. The minimum absolute atomic E-state index is 0.250. The van der Waals surface area contributed by atoms with Crippen molar-refractivity contribution in [1.29, 1.82) is 0 Å². The molecule has 6 nitrogen and oxygen atoms in total. The van der Waals surface area contributed by atoms with Crippen molar-refractivity contribution in [3.8, 4) is 5.75 Å². The third-order valence-corrected chi connectivity index (χ3v) is 2.89. The minimum atomic E-state index is -4.92. The third-order valence-electron chi connectivity index (χ3n) is 2.89. The molecule has 0 aliphatic carbocycles. The molecule has 0 radical (unpaired) electrons. The van der Waals surface area contributed by atoms with Crippen LogP contribution in [0.25, 0.3) is 0 Å². The second-order valence-corrected chi connectivity index (χ2v) is 4.59. The molecule has 24 heavy (non-hydrogen) atoms. The van der Waals surface area contributed by atoms with E-state index in [1.54, 1.807) is 5.43 Å². The highest BCUT2D eigenvalue weighted by molar-refractivity contribution is 6.10. The Labute approximate surface area is 133 Å². The monoisotopic (exact) mass is 340 g/mol. The zero-order chi connectivity index (χ0) is 17.7. The number of phenolic OH excluding ortho intramolecular Hbond substituents is 1. The molecule has 2 rings (SSSR count). The maximum Gasteiger partial charge on any atom is 0.431 e. The summed E-state index contributed by atoms with van der Waals surface area (Å²) in [5.41, 5.74) is -0.0595. The van der Waals surface area contributed by atoms with Gasteiger partial charge in [0.1, 0.15) is 11.5 Å². The van der Waals surface area contributed by atoms with E-state index in [1.165, 1.54) is 36.4 Å². The number of phenols is 1. The van der Waals surface area contributed by atoms with E-state index in [0.29, 0.717) is 0 Å². The van der Waals surface area contributed by atoms with Gasteiger partial charge >= 0.3 is 6.18 Å². The smallest absolute Gasteiger partial charge is 0.431 e. The molecule has 9 heteroatoms. The van der Waals surface area contributed by atoms with Crippen LogP contribution in [0.2, 0.25) is 0 Å². The van der Waals surface area contributed by atoms with Crippen molar-refractivity contribution in [2.45, 2.75) is 12.6 Å². The third kappa shape index (κ3) is 4.22. The number of alkyl halides is 3. The number of benzene rings is 1. The second-order valence-electron chi connectivity index (χ2n) is 4.59. The number of carbonyl (C=O) groups excluding carboxylic acids is 2. The number of ketones is 1. The highest BCUT2D eigenvalue weighted by Crippen LogP contribution is 2.21. The topological polar surface area (TPSA) is 91.9 Å². The number of nitrogens with zero attached hydrogens (tertiary/aromatic N) is 1. The summed E-state index contributed by atoms with van der Waals surface area (Å²) in [7, 11) is 0. The van der Waals surface area contributed by atoms with Crippen LogP contribution in [0.15, 0.2) is 52.2 Å². The van der Waals surface area contributed by atoms with Crippen molar-refractivity contribution in [3.05, 3.63) is 54.0 Å². The van der Waals surface area contributed by atoms with Crippen LogP contribution in [0.5, 0.6) is 5.75 Å². The van der Waals surface area contributed by atoms with E-state index in [4.69, 9.17) is 4.42 Å². The number of para-hydroxylation sites is 1. The van der Waals surface area contributed by atoms with Gasteiger partial charge in [0.15, 0.2) is 5.76 Å². The molecule has 0 bridgehead atoms. The van der Waals surface area contributed by atoms with Crippen molar-refractivity contribution in [3.63, 3.8) is 0 Å².